The maximum atomic E-state index is 13.5. The molecule has 0 aliphatic rings. The number of benzene rings is 2. The van der Waals surface area contributed by atoms with Crippen LogP contribution in [-0.2, 0) is 6.61 Å². The molecule has 2 rings (SSSR count). The minimum absolute atomic E-state index is 0.00820. The van der Waals surface area contributed by atoms with Crippen LogP contribution in [0.25, 0.3) is 0 Å². The van der Waals surface area contributed by atoms with Gasteiger partial charge in [-0.05, 0) is 35.6 Å². The Morgan fingerprint density at radius 1 is 1.16 bits per heavy atom. The van der Waals surface area contributed by atoms with Gasteiger partial charge >= 0.3 is 7.12 Å². The lowest BCUT2D eigenvalue weighted by atomic mass is 9.80. The zero-order valence-electron chi connectivity index (χ0n) is 10.5. The number of ether oxygens (including phenoxy) is 1. The first-order valence-electron chi connectivity index (χ1n) is 5.91. The summed E-state index contributed by atoms with van der Waals surface area (Å²) in [7, 11) is -1.64. The first kappa shape index (κ1) is 13.6. The van der Waals surface area contributed by atoms with Crippen molar-refractivity contribution in [1.82, 2.24) is 0 Å². The van der Waals surface area contributed by atoms with E-state index in [9.17, 15) is 4.39 Å². The SMILES string of the molecule is Cc1ccccc1COc1cc(B(O)O)ccc1F. The Bertz CT molecular complexity index is 572. The Labute approximate surface area is 111 Å². The molecule has 2 N–H and O–H groups in total. The molecule has 19 heavy (non-hydrogen) atoms. The number of rotatable bonds is 4. The van der Waals surface area contributed by atoms with Crippen LogP contribution in [0.15, 0.2) is 42.5 Å². The van der Waals surface area contributed by atoms with Crippen molar-refractivity contribution < 1.29 is 19.2 Å². The molecule has 0 bridgehead atoms. The monoisotopic (exact) mass is 260 g/mol. The molecule has 0 heterocycles. The van der Waals surface area contributed by atoms with Crippen molar-refractivity contribution in [2.24, 2.45) is 0 Å². The third kappa shape index (κ3) is 3.33. The van der Waals surface area contributed by atoms with E-state index in [0.717, 1.165) is 17.2 Å². The molecule has 0 atom stereocenters. The van der Waals surface area contributed by atoms with Crippen molar-refractivity contribution in [3.8, 4) is 5.75 Å². The molecule has 0 saturated heterocycles. The Morgan fingerprint density at radius 2 is 1.89 bits per heavy atom. The highest BCUT2D eigenvalue weighted by Gasteiger charge is 2.14. The lowest BCUT2D eigenvalue weighted by Gasteiger charge is -2.10. The fourth-order valence-corrected chi connectivity index (χ4v) is 1.72. The van der Waals surface area contributed by atoms with E-state index < -0.39 is 12.9 Å². The van der Waals surface area contributed by atoms with E-state index in [4.69, 9.17) is 14.8 Å². The molecule has 0 radical (unpaired) electrons. The number of halogens is 1. The minimum Gasteiger partial charge on any atom is -0.486 e. The zero-order chi connectivity index (χ0) is 13.8. The molecule has 0 aromatic heterocycles. The predicted molar refractivity (Wildman–Crippen MR) is 71.7 cm³/mol. The molecular weight excluding hydrogens is 246 g/mol. The molecule has 5 heteroatoms. The summed E-state index contributed by atoms with van der Waals surface area (Å²) < 4.78 is 18.9. The molecule has 0 unspecified atom stereocenters. The van der Waals surface area contributed by atoms with E-state index in [1.807, 2.05) is 31.2 Å². The molecule has 0 fully saturated rings. The van der Waals surface area contributed by atoms with Crippen LogP contribution in [-0.4, -0.2) is 17.2 Å². The van der Waals surface area contributed by atoms with Gasteiger partial charge < -0.3 is 14.8 Å². The van der Waals surface area contributed by atoms with Gasteiger partial charge in [0.15, 0.2) is 11.6 Å². The molecule has 0 aliphatic carbocycles. The summed E-state index contributed by atoms with van der Waals surface area (Å²) in [6, 6.07) is 11.4. The number of aryl methyl sites for hydroxylation is 1. The van der Waals surface area contributed by atoms with Gasteiger partial charge in [0, 0.05) is 0 Å². The third-order valence-electron chi connectivity index (χ3n) is 2.90. The van der Waals surface area contributed by atoms with E-state index in [1.54, 1.807) is 0 Å². The molecule has 2 aromatic rings. The first-order valence-corrected chi connectivity index (χ1v) is 5.91. The summed E-state index contributed by atoms with van der Waals surface area (Å²) in [6.07, 6.45) is 0. The molecule has 2 aromatic carbocycles. The van der Waals surface area contributed by atoms with Crippen LogP contribution in [0.2, 0.25) is 0 Å². The summed E-state index contributed by atoms with van der Waals surface area (Å²) >= 11 is 0. The van der Waals surface area contributed by atoms with E-state index in [2.05, 4.69) is 0 Å². The van der Waals surface area contributed by atoms with Gasteiger partial charge in [-0.15, -0.1) is 0 Å². The molecule has 3 nitrogen and oxygen atoms in total. The number of hydrogen-bond donors (Lipinski definition) is 2. The lowest BCUT2D eigenvalue weighted by molar-refractivity contribution is 0.289. The Kier molecular flexibility index (Phi) is 4.19. The Hall–Kier alpha value is -1.85. The highest BCUT2D eigenvalue weighted by atomic mass is 19.1. The van der Waals surface area contributed by atoms with Gasteiger partial charge in [0.2, 0.25) is 0 Å². The average molecular weight is 260 g/mol. The van der Waals surface area contributed by atoms with Crippen LogP contribution >= 0.6 is 0 Å². The maximum absolute atomic E-state index is 13.5. The van der Waals surface area contributed by atoms with Crippen LogP contribution in [0.4, 0.5) is 4.39 Å². The van der Waals surface area contributed by atoms with E-state index in [1.165, 1.54) is 12.1 Å². The summed E-state index contributed by atoms with van der Waals surface area (Å²) in [6.45, 7) is 2.18. The van der Waals surface area contributed by atoms with Crippen LogP contribution in [0.3, 0.4) is 0 Å². The molecular formula is C14H14BFO3. The second kappa shape index (κ2) is 5.86. The molecule has 98 valence electrons. The zero-order valence-corrected chi connectivity index (χ0v) is 10.5. The van der Waals surface area contributed by atoms with Gasteiger partial charge in [0.1, 0.15) is 6.61 Å². The lowest BCUT2D eigenvalue weighted by Crippen LogP contribution is -2.29. The minimum atomic E-state index is -1.64. The summed E-state index contributed by atoms with van der Waals surface area (Å²) in [5.41, 5.74) is 2.21. The van der Waals surface area contributed by atoms with Crippen LogP contribution in [0.1, 0.15) is 11.1 Å². The number of hydrogen-bond acceptors (Lipinski definition) is 3. The molecule has 0 saturated carbocycles. The van der Waals surface area contributed by atoms with Gasteiger partial charge in [0.25, 0.3) is 0 Å². The highest BCUT2D eigenvalue weighted by Crippen LogP contribution is 2.17. The normalized spacial score (nSPS) is 10.3. The largest absolute Gasteiger partial charge is 0.488 e. The van der Waals surface area contributed by atoms with E-state index >= 15 is 0 Å². The first-order chi connectivity index (χ1) is 9.08. The quantitative estimate of drug-likeness (QED) is 0.817. The van der Waals surface area contributed by atoms with Crippen molar-refractivity contribution in [3.63, 3.8) is 0 Å². The second-order valence-corrected chi connectivity index (χ2v) is 4.28. The summed E-state index contributed by atoms with van der Waals surface area (Å²) in [5.74, 6) is -0.521. The summed E-state index contributed by atoms with van der Waals surface area (Å²) in [5, 5.41) is 18.1. The fraction of sp³-hybridized carbons (Fsp3) is 0.143. The third-order valence-corrected chi connectivity index (χ3v) is 2.90. The van der Waals surface area contributed by atoms with Gasteiger partial charge in [0.05, 0.1) is 0 Å². The second-order valence-electron chi connectivity index (χ2n) is 4.28. The van der Waals surface area contributed by atoms with Crippen LogP contribution in [0.5, 0.6) is 5.75 Å². The van der Waals surface area contributed by atoms with Crippen LogP contribution < -0.4 is 10.2 Å². The topological polar surface area (TPSA) is 49.7 Å². The van der Waals surface area contributed by atoms with Gasteiger partial charge in [-0.25, -0.2) is 4.39 Å². The van der Waals surface area contributed by atoms with Crippen molar-refractivity contribution in [3.05, 3.63) is 59.4 Å². The van der Waals surface area contributed by atoms with Crippen molar-refractivity contribution in [1.29, 1.82) is 0 Å². The van der Waals surface area contributed by atoms with Gasteiger partial charge in [-0.3, -0.25) is 0 Å². The fourth-order valence-electron chi connectivity index (χ4n) is 1.72. The summed E-state index contributed by atoms with van der Waals surface area (Å²) in [4.78, 5) is 0. The standard InChI is InChI=1S/C14H14BFO3/c1-10-4-2-3-5-11(10)9-19-14-8-12(15(17)18)6-7-13(14)16/h2-8,17-18H,9H2,1H3. The Balaban J connectivity index is 2.15. The molecule has 0 amide bonds. The van der Waals surface area contributed by atoms with E-state index in [-0.39, 0.29) is 17.8 Å². The smallest absolute Gasteiger partial charge is 0.486 e. The van der Waals surface area contributed by atoms with Crippen LogP contribution in [0, 0.1) is 12.7 Å². The van der Waals surface area contributed by atoms with Gasteiger partial charge in [-0.1, -0.05) is 30.3 Å². The molecule has 0 spiro atoms. The van der Waals surface area contributed by atoms with Crippen molar-refractivity contribution in [2.45, 2.75) is 13.5 Å². The highest BCUT2D eigenvalue weighted by molar-refractivity contribution is 6.58. The van der Waals surface area contributed by atoms with Crippen molar-refractivity contribution >= 4 is 12.6 Å². The van der Waals surface area contributed by atoms with Gasteiger partial charge in [-0.2, -0.15) is 0 Å². The predicted octanol–water partition coefficient (Wildman–Crippen LogP) is 1.39. The van der Waals surface area contributed by atoms with E-state index in [0.29, 0.717) is 0 Å². The average Bonchev–Trinajstić information content (AvgIpc) is 2.39. The maximum Gasteiger partial charge on any atom is 0.488 e. The Morgan fingerprint density at radius 3 is 2.58 bits per heavy atom. The molecule has 0 aliphatic heterocycles. The van der Waals surface area contributed by atoms with Crippen molar-refractivity contribution in [2.75, 3.05) is 0 Å².